The van der Waals surface area contributed by atoms with Crippen molar-refractivity contribution in [1.29, 1.82) is 0 Å². The van der Waals surface area contributed by atoms with Gasteiger partial charge in [0.05, 0.1) is 5.69 Å². The van der Waals surface area contributed by atoms with Crippen LogP contribution in [0.15, 0.2) is 4.52 Å². The monoisotopic (exact) mass is 242 g/mol. The van der Waals surface area contributed by atoms with Crippen LogP contribution in [0.2, 0.25) is 0 Å². The fourth-order valence-corrected chi connectivity index (χ4v) is 2.26. The van der Waals surface area contributed by atoms with Gasteiger partial charge in [-0.05, 0) is 13.8 Å². The first kappa shape index (κ1) is 13.6. The minimum atomic E-state index is 0.352. The Morgan fingerprint density at radius 1 is 1.31 bits per heavy atom. The Hall–Kier alpha value is -0.480. The van der Waals surface area contributed by atoms with E-state index in [-0.39, 0.29) is 0 Å². The average molecular weight is 242 g/mol. The van der Waals surface area contributed by atoms with Gasteiger partial charge in [-0.2, -0.15) is 11.8 Å². The van der Waals surface area contributed by atoms with Crippen molar-refractivity contribution in [3.8, 4) is 0 Å². The van der Waals surface area contributed by atoms with Crippen molar-refractivity contribution in [3.05, 3.63) is 17.0 Å². The summed E-state index contributed by atoms with van der Waals surface area (Å²) in [5, 5.41) is 7.36. The van der Waals surface area contributed by atoms with Crippen molar-refractivity contribution in [2.75, 3.05) is 12.3 Å². The molecule has 1 N–H and O–H groups in total. The van der Waals surface area contributed by atoms with E-state index in [1.54, 1.807) is 0 Å². The van der Waals surface area contributed by atoms with Gasteiger partial charge in [0.1, 0.15) is 5.76 Å². The Kier molecular flexibility index (Phi) is 4.87. The van der Waals surface area contributed by atoms with Gasteiger partial charge >= 0.3 is 0 Å². The predicted octanol–water partition coefficient (Wildman–Crippen LogP) is 2.91. The van der Waals surface area contributed by atoms with Crippen LogP contribution in [0, 0.1) is 13.8 Å². The average Bonchev–Trinajstić information content (AvgIpc) is 2.46. The fourth-order valence-electron chi connectivity index (χ4n) is 1.40. The third-order valence-corrected chi connectivity index (χ3v) is 3.57. The Morgan fingerprint density at radius 3 is 2.50 bits per heavy atom. The van der Waals surface area contributed by atoms with E-state index in [2.05, 4.69) is 31.2 Å². The largest absolute Gasteiger partial charge is 0.361 e. The second kappa shape index (κ2) is 5.73. The lowest BCUT2D eigenvalue weighted by molar-refractivity contribution is 0.392. The molecule has 4 heteroatoms. The van der Waals surface area contributed by atoms with Gasteiger partial charge < -0.3 is 9.84 Å². The second-order valence-corrected chi connectivity index (χ2v) is 6.86. The lowest BCUT2D eigenvalue weighted by Crippen LogP contribution is -2.20. The third kappa shape index (κ3) is 4.58. The maximum atomic E-state index is 5.11. The number of hydrogen-bond donors (Lipinski definition) is 1. The van der Waals surface area contributed by atoms with E-state index >= 15 is 0 Å². The van der Waals surface area contributed by atoms with E-state index in [0.29, 0.717) is 4.75 Å². The molecule has 0 bridgehead atoms. The van der Waals surface area contributed by atoms with E-state index in [0.717, 1.165) is 30.3 Å². The van der Waals surface area contributed by atoms with Crippen LogP contribution in [0.5, 0.6) is 0 Å². The zero-order chi connectivity index (χ0) is 12.2. The van der Waals surface area contributed by atoms with Crippen LogP contribution in [0.4, 0.5) is 0 Å². The van der Waals surface area contributed by atoms with Crippen molar-refractivity contribution >= 4 is 11.8 Å². The molecule has 0 aliphatic rings. The number of aromatic nitrogens is 1. The normalized spacial score (nSPS) is 12.1. The van der Waals surface area contributed by atoms with E-state index in [9.17, 15) is 0 Å². The standard InChI is InChI=1S/C12H22N2OS/c1-9-11(10(2)15-14-9)8-13-6-7-16-12(3,4)5/h13H,6-8H2,1-5H3. The van der Waals surface area contributed by atoms with E-state index in [1.165, 1.54) is 5.56 Å². The second-order valence-electron chi connectivity index (χ2n) is 4.94. The van der Waals surface area contributed by atoms with Crippen molar-refractivity contribution in [2.45, 2.75) is 45.9 Å². The maximum Gasteiger partial charge on any atom is 0.138 e. The minimum Gasteiger partial charge on any atom is -0.361 e. The molecule has 0 fully saturated rings. The zero-order valence-electron chi connectivity index (χ0n) is 10.9. The highest BCUT2D eigenvalue weighted by Crippen LogP contribution is 2.22. The molecule has 0 aliphatic carbocycles. The Balaban J connectivity index is 2.22. The van der Waals surface area contributed by atoms with Crippen LogP contribution in [0.3, 0.4) is 0 Å². The number of hydrogen-bond acceptors (Lipinski definition) is 4. The summed E-state index contributed by atoms with van der Waals surface area (Å²) in [6.07, 6.45) is 0. The summed E-state index contributed by atoms with van der Waals surface area (Å²) in [5.41, 5.74) is 2.19. The number of thioether (sulfide) groups is 1. The Labute approximate surface area is 102 Å². The molecule has 92 valence electrons. The Bertz CT molecular complexity index is 309. The summed E-state index contributed by atoms with van der Waals surface area (Å²) in [4.78, 5) is 0. The third-order valence-electron chi connectivity index (χ3n) is 2.30. The number of nitrogens with one attached hydrogen (secondary N) is 1. The summed E-state index contributed by atoms with van der Waals surface area (Å²) in [7, 11) is 0. The van der Waals surface area contributed by atoms with Gasteiger partial charge in [0.25, 0.3) is 0 Å². The Morgan fingerprint density at radius 2 is 2.00 bits per heavy atom. The minimum absolute atomic E-state index is 0.352. The molecule has 0 saturated carbocycles. The predicted molar refractivity (Wildman–Crippen MR) is 69.9 cm³/mol. The van der Waals surface area contributed by atoms with Gasteiger partial charge in [-0.3, -0.25) is 0 Å². The quantitative estimate of drug-likeness (QED) is 0.806. The molecule has 1 heterocycles. The highest BCUT2D eigenvalue weighted by molar-refractivity contribution is 8.00. The molecule has 0 spiro atoms. The lowest BCUT2D eigenvalue weighted by atomic mass is 10.2. The van der Waals surface area contributed by atoms with Gasteiger partial charge in [0.15, 0.2) is 0 Å². The molecular formula is C12H22N2OS. The van der Waals surface area contributed by atoms with Gasteiger partial charge in [0.2, 0.25) is 0 Å². The molecule has 3 nitrogen and oxygen atoms in total. The number of aryl methyl sites for hydroxylation is 2. The first-order valence-corrected chi connectivity index (χ1v) is 6.65. The van der Waals surface area contributed by atoms with Crippen LogP contribution >= 0.6 is 11.8 Å². The summed E-state index contributed by atoms with van der Waals surface area (Å²) in [5.74, 6) is 2.06. The van der Waals surface area contributed by atoms with Crippen LogP contribution < -0.4 is 5.32 Å². The maximum absolute atomic E-state index is 5.11. The molecular weight excluding hydrogens is 220 g/mol. The van der Waals surface area contributed by atoms with Crippen LogP contribution in [0.1, 0.15) is 37.8 Å². The van der Waals surface area contributed by atoms with E-state index in [4.69, 9.17) is 4.52 Å². The molecule has 1 aromatic heterocycles. The molecule has 0 amide bonds. The van der Waals surface area contributed by atoms with Gasteiger partial charge in [-0.1, -0.05) is 25.9 Å². The van der Waals surface area contributed by atoms with Crippen molar-refractivity contribution in [1.82, 2.24) is 10.5 Å². The first-order valence-electron chi connectivity index (χ1n) is 5.66. The summed E-state index contributed by atoms with van der Waals surface area (Å²) in [6.45, 7) is 12.5. The van der Waals surface area contributed by atoms with E-state index in [1.807, 2.05) is 25.6 Å². The van der Waals surface area contributed by atoms with Gasteiger partial charge in [-0.15, -0.1) is 0 Å². The molecule has 1 aromatic rings. The lowest BCUT2D eigenvalue weighted by Gasteiger charge is -2.17. The summed E-state index contributed by atoms with van der Waals surface area (Å²) < 4.78 is 5.46. The SMILES string of the molecule is Cc1noc(C)c1CNCCSC(C)(C)C. The number of nitrogens with zero attached hydrogens (tertiary/aromatic N) is 1. The summed E-state index contributed by atoms with van der Waals surface area (Å²) in [6, 6.07) is 0. The van der Waals surface area contributed by atoms with Gasteiger partial charge in [-0.25, -0.2) is 0 Å². The smallest absolute Gasteiger partial charge is 0.138 e. The fraction of sp³-hybridized carbons (Fsp3) is 0.750. The molecule has 16 heavy (non-hydrogen) atoms. The molecule has 0 saturated heterocycles. The highest BCUT2D eigenvalue weighted by atomic mass is 32.2. The van der Waals surface area contributed by atoms with E-state index < -0.39 is 0 Å². The van der Waals surface area contributed by atoms with Crippen molar-refractivity contribution in [3.63, 3.8) is 0 Å². The molecule has 0 atom stereocenters. The molecule has 0 aromatic carbocycles. The zero-order valence-corrected chi connectivity index (χ0v) is 11.7. The van der Waals surface area contributed by atoms with Crippen LogP contribution in [-0.2, 0) is 6.54 Å². The van der Waals surface area contributed by atoms with Gasteiger partial charge in [0, 0.05) is 29.2 Å². The van der Waals surface area contributed by atoms with Crippen LogP contribution in [-0.4, -0.2) is 22.2 Å². The van der Waals surface area contributed by atoms with Crippen molar-refractivity contribution in [2.24, 2.45) is 0 Å². The number of rotatable bonds is 5. The molecule has 1 rings (SSSR count). The molecule has 0 aliphatic heterocycles. The molecule has 0 unspecified atom stereocenters. The first-order chi connectivity index (χ1) is 7.40. The highest BCUT2D eigenvalue weighted by Gasteiger charge is 2.10. The topological polar surface area (TPSA) is 38.1 Å². The summed E-state index contributed by atoms with van der Waals surface area (Å²) >= 11 is 1.98. The van der Waals surface area contributed by atoms with Crippen LogP contribution in [0.25, 0.3) is 0 Å². The van der Waals surface area contributed by atoms with Crippen molar-refractivity contribution < 1.29 is 4.52 Å². The molecule has 0 radical (unpaired) electrons.